The molecule has 0 spiro atoms. The largest absolute Gasteiger partial charge is 0.361 e. The van der Waals surface area contributed by atoms with E-state index in [2.05, 4.69) is 26.2 Å². The maximum atomic E-state index is 15.0. The standard InChI is InChI=1S/C33H33BrClN5O3/c1-2-36-32(43)39-16-14-38(15-17-39)31(42)33(23-6-4-3-5-7-23)19-29(41)40(21-22-8-10-24(34)11-9-22)30(33)27-20-37-28-18-25(35)12-13-26(27)28/h3-13,18,20,30,37H,2,14-17,19,21H2,1H3,(H,36,43). The number of piperazine rings is 1. The number of nitrogens with zero attached hydrogens (tertiary/aromatic N) is 3. The van der Waals surface area contributed by atoms with Crippen LogP contribution in [-0.4, -0.2) is 70.3 Å². The number of aromatic nitrogens is 1. The zero-order valence-corrected chi connectivity index (χ0v) is 26.2. The molecule has 4 aromatic rings. The van der Waals surface area contributed by atoms with E-state index in [4.69, 9.17) is 11.6 Å². The first-order chi connectivity index (χ1) is 20.8. The summed E-state index contributed by atoms with van der Waals surface area (Å²) in [6.07, 6.45) is 1.95. The minimum Gasteiger partial charge on any atom is -0.361 e. The van der Waals surface area contributed by atoms with Crippen molar-refractivity contribution in [1.82, 2.24) is 25.0 Å². The molecule has 3 aromatic carbocycles. The monoisotopic (exact) mass is 661 g/mol. The first kappa shape index (κ1) is 29.3. The summed E-state index contributed by atoms with van der Waals surface area (Å²) in [5.41, 5.74) is 2.29. The number of halogens is 2. The van der Waals surface area contributed by atoms with Crippen molar-refractivity contribution in [3.63, 3.8) is 0 Å². The highest BCUT2D eigenvalue weighted by Crippen LogP contribution is 2.53. The van der Waals surface area contributed by atoms with E-state index >= 15 is 0 Å². The van der Waals surface area contributed by atoms with Crippen LogP contribution in [0.3, 0.4) is 0 Å². The normalized spacial score (nSPS) is 20.6. The number of rotatable bonds is 6. The quantitative estimate of drug-likeness (QED) is 0.271. The van der Waals surface area contributed by atoms with Crippen LogP contribution in [0.5, 0.6) is 0 Å². The number of nitrogens with one attached hydrogen (secondary N) is 2. The molecule has 4 amide bonds. The van der Waals surface area contributed by atoms with Crippen LogP contribution in [0.15, 0.2) is 83.5 Å². The Morgan fingerprint density at radius 2 is 1.70 bits per heavy atom. The number of benzene rings is 3. The third kappa shape index (κ3) is 5.40. The van der Waals surface area contributed by atoms with Gasteiger partial charge in [0.1, 0.15) is 5.41 Å². The lowest BCUT2D eigenvalue weighted by Crippen LogP contribution is -2.58. The minimum atomic E-state index is -1.18. The molecule has 2 fully saturated rings. The van der Waals surface area contributed by atoms with Crippen LogP contribution < -0.4 is 5.32 Å². The third-order valence-electron chi connectivity index (χ3n) is 8.62. The SMILES string of the molecule is CCNC(=O)N1CCN(C(=O)C2(c3ccccc3)CC(=O)N(Cc3ccc(Br)cc3)C2c2c[nH]c3cc(Cl)ccc23)CC1. The molecule has 2 N–H and O–H groups in total. The highest BCUT2D eigenvalue weighted by Gasteiger charge is 2.60. The first-order valence-corrected chi connectivity index (χ1v) is 15.7. The highest BCUT2D eigenvalue weighted by molar-refractivity contribution is 9.10. The fraction of sp³-hybridized carbons (Fsp3) is 0.303. The van der Waals surface area contributed by atoms with E-state index in [9.17, 15) is 14.4 Å². The van der Waals surface area contributed by atoms with Gasteiger partial charge in [0.25, 0.3) is 0 Å². The summed E-state index contributed by atoms with van der Waals surface area (Å²) in [6.45, 7) is 4.41. The summed E-state index contributed by atoms with van der Waals surface area (Å²) in [7, 11) is 0. The van der Waals surface area contributed by atoms with Gasteiger partial charge in [0.05, 0.1) is 6.04 Å². The fourth-order valence-corrected chi connectivity index (χ4v) is 7.00. The van der Waals surface area contributed by atoms with E-state index < -0.39 is 11.5 Å². The van der Waals surface area contributed by atoms with Crippen molar-refractivity contribution in [3.05, 3.63) is 105 Å². The number of fused-ring (bicyclic) bond motifs is 1. The van der Waals surface area contributed by atoms with E-state index in [1.54, 1.807) is 4.90 Å². The van der Waals surface area contributed by atoms with E-state index in [-0.39, 0.29) is 24.3 Å². The van der Waals surface area contributed by atoms with Crippen LogP contribution in [0.2, 0.25) is 5.02 Å². The number of carbonyl (C=O) groups excluding carboxylic acids is 3. The minimum absolute atomic E-state index is 0.0356. The van der Waals surface area contributed by atoms with Gasteiger partial charge in [-0.05, 0) is 42.3 Å². The molecule has 2 saturated heterocycles. The van der Waals surface area contributed by atoms with Gasteiger partial charge in [0.15, 0.2) is 0 Å². The van der Waals surface area contributed by atoms with Gasteiger partial charge in [-0.15, -0.1) is 0 Å². The number of hydrogen-bond acceptors (Lipinski definition) is 3. The number of aromatic amines is 1. The molecule has 1 aromatic heterocycles. The summed E-state index contributed by atoms with van der Waals surface area (Å²) in [4.78, 5) is 50.5. The molecule has 2 aliphatic heterocycles. The molecule has 0 aliphatic carbocycles. The molecule has 222 valence electrons. The molecule has 8 nitrogen and oxygen atoms in total. The molecule has 2 aliphatic rings. The Balaban J connectivity index is 1.47. The maximum Gasteiger partial charge on any atom is 0.317 e. The number of likely N-dealkylation sites (tertiary alicyclic amines) is 1. The van der Waals surface area contributed by atoms with Crippen molar-refractivity contribution >= 4 is 56.3 Å². The van der Waals surface area contributed by atoms with Gasteiger partial charge in [-0.25, -0.2) is 4.79 Å². The topological polar surface area (TPSA) is 88.8 Å². The summed E-state index contributed by atoms with van der Waals surface area (Å²) in [6, 6.07) is 22.5. The van der Waals surface area contributed by atoms with Gasteiger partial charge in [-0.1, -0.05) is 76.1 Å². The van der Waals surface area contributed by atoms with E-state index in [0.717, 1.165) is 32.1 Å². The Morgan fingerprint density at radius 3 is 2.40 bits per heavy atom. The Bertz CT molecular complexity index is 1650. The maximum absolute atomic E-state index is 15.0. The Morgan fingerprint density at radius 1 is 1.00 bits per heavy atom. The van der Waals surface area contributed by atoms with Crippen molar-refractivity contribution < 1.29 is 14.4 Å². The van der Waals surface area contributed by atoms with Crippen molar-refractivity contribution in [2.45, 2.75) is 31.3 Å². The Labute approximate surface area is 264 Å². The van der Waals surface area contributed by atoms with Crippen molar-refractivity contribution in [3.8, 4) is 0 Å². The van der Waals surface area contributed by atoms with Gasteiger partial charge < -0.3 is 25.0 Å². The number of amides is 4. The molecular weight excluding hydrogens is 630 g/mol. The third-order valence-corrected chi connectivity index (χ3v) is 9.38. The van der Waals surface area contributed by atoms with Crippen molar-refractivity contribution in [1.29, 1.82) is 0 Å². The van der Waals surface area contributed by atoms with Crippen LogP contribution in [0.4, 0.5) is 4.79 Å². The fourth-order valence-electron chi connectivity index (χ4n) is 6.56. The van der Waals surface area contributed by atoms with Crippen molar-refractivity contribution in [2.75, 3.05) is 32.7 Å². The molecule has 6 rings (SSSR count). The molecule has 0 bridgehead atoms. The second-order valence-corrected chi connectivity index (χ2v) is 12.5. The Hall–Kier alpha value is -3.82. The van der Waals surface area contributed by atoms with Gasteiger partial charge >= 0.3 is 6.03 Å². The van der Waals surface area contributed by atoms with Gasteiger partial charge in [0.2, 0.25) is 11.8 Å². The van der Waals surface area contributed by atoms with Gasteiger partial charge in [0, 0.05) is 77.8 Å². The summed E-state index contributed by atoms with van der Waals surface area (Å²) in [5.74, 6) is -0.191. The van der Waals surface area contributed by atoms with Crippen LogP contribution in [-0.2, 0) is 21.5 Å². The smallest absolute Gasteiger partial charge is 0.317 e. The molecular formula is C33H33BrClN5O3. The lowest BCUT2D eigenvalue weighted by atomic mass is 9.70. The summed E-state index contributed by atoms with van der Waals surface area (Å²) >= 11 is 9.84. The second kappa shape index (κ2) is 12.1. The average molecular weight is 663 g/mol. The lowest BCUT2D eigenvalue weighted by molar-refractivity contribution is -0.140. The first-order valence-electron chi connectivity index (χ1n) is 14.5. The van der Waals surface area contributed by atoms with E-state index in [1.165, 1.54) is 0 Å². The highest BCUT2D eigenvalue weighted by atomic mass is 79.9. The predicted molar refractivity (Wildman–Crippen MR) is 171 cm³/mol. The number of H-pyrrole nitrogens is 1. The molecule has 10 heteroatoms. The predicted octanol–water partition coefficient (Wildman–Crippen LogP) is 5.87. The van der Waals surface area contributed by atoms with Crippen LogP contribution in [0, 0.1) is 0 Å². The van der Waals surface area contributed by atoms with Gasteiger partial charge in [-0.2, -0.15) is 0 Å². The number of urea groups is 1. The molecule has 0 radical (unpaired) electrons. The van der Waals surface area contributed by atoms with Crippen LogP contribution in [0.1, 0.15) is 36.1 Å². The van der Waals surface area contributed by atoms with E-state index in [1.807, 2.05) is 95.7 Å². The molecule has 3 heterocycles. The molecule has 2 unspecified atom stereocenters. The lowest BCUT2D eigenvalue weighted by Gasteiger charge is -2.43. The average Bonchev–Trinajstić information content (AvgIpc) is 3.56. The Kier molecular flexibility index (Phi) is 8.20. The molecule has 2 atom stereocenters. The summed E-state index contributed by atoms with van der Waals surface area (Å²) < 4.78 is 0.953. The van der Waals surface area contributed by atoms with E-state index in [0.29, 0.717) is 44.3 Å². The van der Waals surface area contributed by atoms with Gasteiger partial charge in [-0.3, -0.25) is 9.59 Å². The molecule has 0 saturated carbocycles. The second-order valence-electron chi connectivity index (χ2n) is 11.1. The number of carbonyl (C=O) groups is 3. The zero-order chi connectivity index (χ0) is 30.1. The van der Waals surface area contributed by atoms with Crippen LogP contribution in [0.25, 0.3) is 10.9 Å². The molecule has 43 heavy (non-hydrogen) atoms. The van der Waals surface area contributed by atoms with Crippen molar-refractivity contribution in [2.24, 2.45) is 0 Å². The zero-order valence-electron chi connectivity index (χ0n) is 23.9. The number of hydrogen-bond donors (Lipinski definition) is 2. The summed E-state index contributed by atoms with van der Waals surface area (Å²) in [5, 5.41) is 4.37. The van der Waals surface area contributed by atoms with Crippen LogP contribution >= 0.6 is 27.5 Å².